The van der Waals surface area contributed by atoms with Crippen molar-refractivity contribution in [1.29, 1.82) is 0 Å². The fraction of sp³-hybridized carbons (Fsp3) is 0.211. The van der Waals surface area contributed by atoms with Gasteiger partial charge in [-0.15, -0.1) is 11.8 Å². The Bertz CT molecular complexity index is 912. The van der Waals surface area contributed by atoms with Crippen molar-refractivity contribution in [3.05, 3.63) is 53.8 Å². The second kappa shape index (κ2) is 7.51. The highest BCUT2D eigenvalue weighted by molar-refractivity contribution is 7.99. The number of carbonyl (C=O) groups is 1. The first-order valence-corrected chi connectivity index (χ1v) is 9.63. The lowest BCUT2D eigenvalue weighted by Crippen LogP contribution is -2.10. The Morgan fingerprint density at radius 3 is 2.62 bits per heavy atom. The van der Waals surface area contributed by atoms with Crippen molar-refractivity contribution >= 4 is 29.3 Å². The molecule has 132 valence electrons. The van der Waals surface area contributed by atoms with Crippen LogP contribution in [0.15, 0.2) is 53.8 Å². The van der Waals surface area contributed by atoms with Gasteiger partial charge in [-0.1, -0.05) is 23.7 Å². The number of nitrogens with one attached hydrogen (secondary N) is 1. The third-order valence-corrected chi connectivity index (χ3v) is 5.69. The number of esters is 1. The van der Waals surface area contributed by atoms with E-state index in [4.69, 9.17) is 16.3 Å². The number of ether oxygens (including phenoxy) is 1. The van der Waals surface area contributed by atoms with E-state index in [1.165, 1.54) is 0 Å². The molecule has 26 heavy (non-hydrogen) atoms. The number of pyridine rings is 1. The number of rotatable bonds is 5. The minimum absolute atomic E-state index is 0.0685. The van der Waals surface area contributed by atoms with Gasteiger partial charge in [0, 0.05) is 34.3 Å². The van der Waals surface area contributed by atoms with Crippen LogP contribution < -0.4 is 0 Å². The van der Waals surface area contributed by atoms with E-state index in [9.17, 15) is 4.79 Å². The Balaban J connectivity index is 1.70. The number of benzene rings is 1. The van der Waals surface area contributed by atoms with Gasteiger partial charge in [0.2, 0.25) is 0 Å². The topological polar surface area (TPSA) is 67.9 Å². The smallest absolute Gasteiger partial charge is 0.309 e. The van der Waals surface area contributed by atoms with Crippen LogP contribution in [-0.4, -0.2) is 33.5 Å². The second-order valence-electron chi connectivity index (χ2n) is 5.99. The number of aromatic amines is 1. The summed E-state index contributed by atoms with van der Waals surface area (Å²) in [5.74, 6) is 0.472. The monoisotopic (exact) mass is 385 g/mol. The van der Waals surface area contributed by atoms with E-state index >= 15 is 0 Å². The van der Waals surface area contributed by atoms with Crippen LogP contribution in [0.5, 0.6) is 0 Å². The molecule has 1 aromatic carbocycles. The molecular weight excluding hydrogens is 370 g/mol. The van der Waals surface area contributed by atoms with E-state index in [2.05, 4.69) is 15.2 Å². The quantitative estimate of drug-likeness (QED) is 0.519. The maximum Gasteiger partial charge on any atom is 0.309 e. The Morgan fingerprint density at radius 2 is 1.92 bits per heavy atom. The van der Waals surface area contributed by atoms with Crippen molar-refractivity contribution in [3.63, 3.8) is 0 Å². The molecule has 0 amide bonds. The molecule has 0 radical (unpaired) electrons. The summed E-state index contributed by atoms with van der Waals surface area (Å²) in [6, 6.07) is 11.5. The van der Waals surface area contributed by atoms with Crippen LogP contribution in [0.2, 0.25) is 5.02 Å². The van der Waals surface area contributed by atoms with Crippen LogP contribution in [0.3, 0.4) is 0 Å². The number of H-pyrrole nitrogens is 1. The molecule has 2 aromatic heterocycles. The molecule has 1 N–H and O–H groups in total. The predicted octanol–water partition coefficient (Wildman–Crippen LogP) is 4.45. The highest BCUT2D eigenvalue weighted by Crippen LogP contribution is 2.39. The fourth-order valence-electron chi connectivity index (χ4n) is 2.91. The fourth-order valence-corrected chi connectivity index (χ4v) is 4.17. The van der Waals surface area contributed by atoms with Crippen molar-refractivity contribution in [2.24, 2.45) is 5.92 Å². The van der Waals surface area contributed by atoms with Gasteiger partial charge in [0.25, 0.3) is 0 Å². The molecule has 1 atom stereocenters. The van der Waals surface area contributed by atoms with Crippen molar-refractivity contribution in [1.82, 2.24) is 15.2 Å². The van der Waals surface area contributed by atoms with Crippen LogP contribution in [0, 0.1) is 5.92 Å². The van der Waals surface area contributed by atoms with Gasteiger partial charge in [-0.05, 0) is 36.2 Å². The van der Waals surface area contributed by atoms with Gasteiger partial charge in [-0.25, -0.2) is 0 Å². The van der Waals surface area contributed by atoms with Gasteiger partial charge in [0.1, 0.15) is 5.03 Å². The summed E-state index contributed by atoms with van der Waals surface area (Å²) in [6.45, 7) is 0.512. The lowest BCUT2D eigenvalue weighted by molar-refractivity contribution is -0.140. The van der Waals surface area contributed by atoms with Crippen LogP contribution in [0.4, 0.5) is 0 Å². The van der Waals surface area contributed by atoms with Gasteiger partial charge in [0.05, 0.1) is 18.2 Å². The lowest BCUT2D eigenvalue weighted by Gasteiger charge is -2.08. The van der Waals surface area contributed by atoms with E-state index < -0.39 is 0 Å². The van der Waals surface area contributed by atoms with Crippen molar-refractivity contribution < 1.29 is 9.53 Å². The van der Waals surface area contributed by atoms with E-state index in [0.717, 1.165) is 33.8 Å². The number of cyclic esters (lactones) is 1. The lowest BCUT2D eigenvalue weighted by atomic mass is 10.0. The number of aromatic nitrogens is 3. The summed E-state index contributed by atoms with van der Waals surface area (Å²) in [7, 11) is 0. The predicted molar refractivity (Wildman–Crippen MR) is 102 cm³/mol. The minimum Gasteiger partial charge on any atom is -0.465 e. The molecule has 1 aliphatic heterocycles. The van der Waals surface area contributed by atoms with Gasteiger partial charge in [-0.2, -0.15) is 5.10 Å². The summed E-state index contributed by atoms with van der Waals surface area (Å²) in [5.41, 5.74) is 3.95. The molecule has 0 aliphatic carbocycles. The van der Waals surface area contributed by atoms with Gasteiger partial charge in [-0.3, -0.25) is 14.9 Å². The van der Waals surface area contributed by atoms with Crippen molar-refractivity contribution in [2.45, 2.75) is 11.4 Å². The van der Waals surface area contributed by atoms with Gasteiger partial charge < -0.3 is 4.74 Å². The summed E-state index contributed by atoms with van der Waals surface area (Å²) < 4.78 is 5.05. The number of thioether (sulfide) groups is 1. The Hall–Kier alpha value is -2.31. The third-order valence-electron chi connectivity index (χ3n) is 4.30. The largest absolute Gasteiger partial charge is 0.465 e. The van der Waals surface area contributed by atoms with Gasteiger partial charge >= 0.3 is 5.97 Å². The number of hydrogen-bond donors (Lipinski definition) is 1. The van der Waals surface area contributed by atoms with Crippen molar-refractivity contribution in [2.75, 3.05) is 12.4 Å². The molecule has 1 aliphatic rings. The summed E-state index contributed by atoms with van der Waals surface area (Å²) in [6.07, 6.45) is 4.29. The molecule has 0 bridgehead atoms. The Kier molecular flexibility index (Phi) is 4.95. The molecule has 7 heteroatoms. The van der Waals surface area contributed by atoms with E-state index in [1.807, 2.05) is 36.4 Å². The first kappa shape index (κ1) is 17.1. The molecule has 4 rings (SSSR count). The van der Waals surface area contributed by atoms with E-state index in [-0.39, 0.29) is 11.9 Å². The molecule has 1 unspecified atom stereocenters. The number of nitrogens with zero attached hydrogens (tertiary/aromatic N) is 2. The van der Waals surface area contributed by atoms with Crippen LogP contribution >= 0.6 is 23.4 Å². The third kappa shape index (κ3) is 3.48. The molecule has 1 fully saturated rings. The average molecular weight is 386 g/mol. The van der Waals surface area contributed by atoms with E-state index in [1.54, 1.807) is 24.2 Å². The summed E-state index contributed by atoms with van der Waals surface area (Å²) in [4.78, 5) is 15.8. The molecule has 0 saturated carbocycles. The zero-order chi connectivity index (χ0) is 17.9. The Labute approximate surface area is 160 Å². The van der Waals surface area contributed by atoms with Crippen molar-refractivity contribution in [3.8, 4) is 22.4 Å². The number of halogens is 1. The maximum absolute atomic E-state index is 11.7. The van der Waals surface area contributed by atoms with E-state index in [0.29, 0.717) is 17.4 Å². The van der Waals surface area contributed by atoms with Crippen LogP contribution in [-0.2, 0) is 9.53 Å². The Morgan fingerprint density at radius 1 is 1.15 bits per heavy atom. The molecule has 0 spiro atoms. The first-order valence-electron chi connectivity index (χ1n) is 8.26. The molecule has 1 saturated heterocycles. The highest BCUT2D eigenvalue weighted by Gasteiger charge is 2.27. The summed E-state index contributed by atoms with van der Waals surface area (Å²) >= 11 is 7.59. The summed E-state index contributed by atoms with van der Waals surface area (Å²) in [5, 5.41) is 9.20. The molecule has 3 heterocycles. The minimum atomic E-state index is -0.114. The maximum atomic E-state index is 11.7. The molecule has 5 nitrogen and oxygen atoms in total. The zero-order valence-electron chi connectivity index (χ0n) is 13.8. The zero-order valence-corrected chi connectivity index (χ0v) is 15.4. The number of carbonyl (C=O) groups excluding carboxylic acids is 1. The normalized spacial score (nSPS) is 16.7. The molecular formula is C19H16ClN3O2S. The highest BCUT2D eigenvalue weighted by atomic mass is 35.5. The average Bonchev–Trinajstić information content (AvgIpc) is 3.27. The second-order valence-corrected chi connectivity index (χ2v) is 7.43. The van der Waals surface area contributed by atoms with Crippen LogP contribution in [0.1, 0.15) is 6.42 Å². The first-order chi connectivity index (χ1) is 12.7. The molecule has 3 aromatic rings. The SMILES string of the molecule is O=C1OCCC1CSc1n[nH]c(-c2ccc(Cl)cc2)c1-c1ccncc1. The standard InChI is InChI=1S/C19H16ClN3O2S/c20-15-3-1-13(2-4-15)17-16(12-5-8-21-9-6-12)18(23-22-17)26-11-14-7-10-25-19(14)24/h1-6,8-9,14H,7,10-11H2,(H,22,23). The van der Waals surface area contributed by atoms with Crippen LogP contribution in [0.25, 0.3) is 22.4 Å². The number of hydrogen-bond acceptors (Lipinski definition) is 5. The van der Waals surface area contributed by atoms with Gasteiger partial charge in [0.15, 0.2) is 0 Å².